The molecule has 0 saturated heterocycles. The Hall–Kier alpha value is -2.23. The predicted octanol–water partition coefficient (Wildman–Crippen LogP) is 11.5. The van der Waals surface area contributed by atoms with Crippen LogP contribution < -0.4 is 4.74 Å². The summed E-state index contributed by atoms with van der Waals surface area (Å²) in [6.45, 7) is 32.1. The molecule has 1 unspecified atom stereocenters. The number of allylic oxidation sites excluding steroid dienone is 1. The monoisotopic (exact) mass is 524 g/mol. The number of phenols is 1. The summed E-state index contributed by atoms with van der Waals surface area (Å²) in [5, 5.41) is 19.9. The van der Waals surface area contributed by atoms with Gasteiger partial charge in [0.15, 0.2) is 0 Å². The lowest BCUT2D eigenvalue weighted by Crippen LogP contribution is -2.32. The quantitative estimate of drug-likeness (QED) is 0.262. The van der Waals surface area contributed by atoms with Crippen LogP contribution in [0.3, 0.4) is 0 Å². The van der Waals surface area contributed by atoms with Gasteiger partial charge >= 0.3 is 5.97 Å². The first kappa shape index (κ1) is 44.7. The minimum Gasteiger partial charge on any atom is -0.506 e. The van der Waals surface area contributed by atoms with Crippen molar-refractivity contribution in [2.45, 2.75) is 147 Å². The number of ether oxygens (including phenoxy) is 1. The summed E-state index contributed by atoms with van der Waals surface area (Å²) < 4.78 is 6.10. The molecular formula is C33H64O4. The van der Waals surface area contributed by atoms with E-state index in [4.69, 9.17) is 4.74 Å². The van der Waals surface area contributed by atoms with Crippen LogP contribution in [0.2, 0.25) is 0 Å². The normalized spacial score (nSPS) is 13.5. The molecule has 0 fully saturated rings. The number of rotatable bonds is 8. The largest absolute Gasteiger partial charge is 0.506 e. The molecular weight excluding hydrogens is 460 g/mol. The van der Waals surface area contributed by atoms with Crippen molar-refractivity contribution in [3.8, 4) is 11.5 Å². The van der Waals surface area contributed by atoms with E-state index in [1.54, 1.807) is 12.1 Å². The second-order valence-electron chi connectivity index (χ2n) is 7.22. The minimum atomic E-state index is -1.10. The standard InChI is InChI=1S/C20H26O4.C3H8.5C2H6/c1-4-6-8-9-14-13-16-15(18(21)17(14)19(22)23)10-12-20(3,24-16)11-7-5-2;1-3-2;5*1-2/h5,10,12-13,21H,2,4,6-9,11H2,1,3H3,(H,22,23);3H2,1-2H3;5*1-2H3. The van der Waals surface area contributed by atoms with Gasteiger partial charge in [-0.05, 0) is 56.4 Å². The van der Waals surface area contributed by atoms with Crippen LogP contribution in [-0.2, 0) is 6.42 Å². The van der Waals surface area contributed by atoms with Crippen molar-refractivity contribution in [1.29, 1.82) is 0 Å². The first-order valence-electron chi connectivity index (χ1n) is 14.9. The summed E-state index contributed by atoms with van der Waals surface area (Å²) in [5.41, 5.74) is 0.600. The first-order valence-corrected chi connectivity index (χ1v) is 14.9. The van der Waals surface area contributed by atoms with Gasteiger partial charge in [0.05, 0.1) is 5.56 Å². The minimum absolute atomic E-state index is 0.00667. The third kappa shape index (κ3) is 18.6. The molecule has 0 aromatic heterocycles. The van der Waals surface area contributed by atoms with Crippen molar-refractivity contribution >= 4 is 12.0 Å². The molecule has 4 nitrogen and oxygen atoms in total. The van der Waals surface area contributed by atoms with E-state index in [9.17, 15) is 15.0 Å². The number of benzene rings is 1. The number of aromatic carboxylic acids is 1. The van der Waals surface area contributed by atoms with E-state index < -0.39 is 11.6 Å². The van der Waals surface area contributed by atoms with Crippen molar-refractivity contribution < 1.29 is 19.7 Å². The summed E-state index contributed by atoms with van der Waals surface area (Å²) in [6, 6.07) is 1.78. The van der Waals surface area contributed by atoms with E-state index in [1.807, 2.05) is 88.3 Å². The number of carboxylic acids is 1. The van der Waals surface area contributed by atoms with Gasteiger partial charge in [0.2, 0.25) is 0 Å². The molecule has 1 aromatic rings. The second kappa shape index (κ2) is 31.8. The number of aromatic hydroxyl groups is 1. The molecule has 37 heavy (non-hydrogen) atoms. The molecule has 0 aliphatic carbocycles. The summed E-state index contributed by atoms with van der Waals surface area (Å²) in [6.07, 6.45) is 11.9. The number of aryl methyl sites for hydroxylation is 1. The van der Waals surface area contributed by atoms with E-state index in [0.29, 0.717) is 23.3 Å². The van der Waals surface area contributed by atoms with Gasteiger partial charge in [0.1, 0.15) is 22.7 Å². The second-order valence-corrected chi connectivity index (χ2v) is 7.22. The van der Waals surface area contributed by atoms with Crippen LogP contribution in [0.1, 0.15) is 157 Å². The fourth-order valence-corrected chi connectivity index (χ4v) is 3.03. The molecule has 0 amide bonds. The predicted molar refractivity (Wildman–Crippen MR) is 168 cm³/mol. The molecule has 2 N–H and O–H groups in total. The molecule has 220 valence electrons. The fraction of sp³-hybridized carbons (Fsp3) is 0.667. The van der Waals surface area contributed by atoms with Crippen LogP contribution in [0.5, 0.6) is 11.5 Å². The molecule has 1 aromatic carbocycles. The average molecular weight is 525 g/mol. The Balaban J connectivity index is -0.000000227. The molecule has 0 radical (unpaired) electrons. The van der Waals surface area contributed by atoms with E-state index in [1.165, 1.54) is 6.42 Å². The Labute approximate surface area is 232 Å². The van der Waals surface area contributed by atoms with Crippen LogP contribution in [0.15, 0.2) is 24.8 Å². The van der Waals surface area contributed by atoms with Gasteiger partial charge in [0, 0.05) is 0 Å². The van der Waals surface area contributed by atoms with Crippen LogP contribution in [0.25, 0.3) is 6.08 Å². The molecule has 0 saturated carbocycles. The van der Waals surface area contributed by atoms with E-state index >= 15 is 0 Å². The molecule has 4 heteroatoms. The van der Waals surface area contributed by atoms with E-state index in [-0.39, 0.29) is 11.3 Å². The van der Waals surface area contributed by atoms with Crippen molar-refractivity contribution in [2.24, 2.45) is 0 Å². The maximum atomic E-state index is 11.6. The Morgan fingerprint density at radius 1 is 0.973 bits per heavy atom. The van der Waals surface area contributed by atoms with Crippen molar-refractivity contribution in [3.63, 3.8) is 0 Å². The van der Waals surface area contributed by atoms with E-state index in [0.717, 1.165) is 32.1 Å². The average Bonchev–Trinajstić information content (AvgIpc) is 2.93. The molecule has 0 bridgehead atoms. The molecule has 1 heterocycles. The molecule has 0 spiro atoms. The van der Waals surface area contributed by atoms with Crippen LogP contribution >= 0.6 is 0 Å². The zero-order valence-electron chi connectivity index (χ0n) is 27.2. The number of hydrogen-bond donors (Lipinski definition) is 2. The van der Waals surface area contributed by atoms with Gasteiger partial charge in [0.25, 0.3) is 0 Å². The third-order valence-corrected chi connectivity index (χ3v) is 4.44. The highest BCUT2D eigenvalue weighted by atomic mass is 16.5. The van der Waals surface area contributed by atoms with Gasteiger partial charge < -0.3 is 14.9 Å². The number of carboxylic acid groups (broad SMARTS) is 1. The molecule has 1 atom stereocenters. The van der Waals surface area contributed by atoms with Gasteiger partial charge in [-0.25, -0.2) is 4.79 Å². The highest BCUT2D eigenvalue weighted by molar-refractivity contribution is 5.95. The third-order valence-electron chi connectivity index (χ3n) is 4.44. The number of fused-ring (bicyclic) bond motifs is 1. The maximum absolute atomic E-state index is 11.6. The molecule has 1 aliphatic heterocycles. The SMILES string of the molecule is C=CCCC1(C)C=Cc2c(cc(CCCCC)c(C(=O)O)c2O)O1.CC.CC.CC.CC.CC.CCC. The van der Waals surface area contributed by atoms with Gasteiger partial charge in [-0.15, -0.1) is 6.58 Å². The highest BCUT2D eigenvalue weighted by Gasteiger charge is 2.30. The number of hydrogen-bond acceptors (Lipinski definition) is 3. The summed E-state index contributed by atoms with van der Waals surface area (Å²) in [4.78, 5) is 11.6. The number of carbonyl (C=O) groups is 1. The van der Waals surface area contributed by atoms with E-state index in [2.05, 4.69) is 27.4 Å². The number of unbranched alkanes of at least 4 members (excludes halogenated alkanes) is 2. The Kier molecular flexibility index (Phi) is 38.5. The summed E-state index contributed by atoms with van der Waals surface area (Å²) >= 11 is 0. The van der Waals surface area contributed by atoms with Crippen LogP contribution in [-0.4, -0.2) is 21.8 Å². The Morgan fingerprint density at radius 3 is 1.86 bits per heavy atom. The zero-order chi connectivity index (χ0) is 30.4. The van der Waals surface area contributed by atoms with Gasteiger partial charge in [-0.1, -0.05) is 115 Å². The smallest absolute Gasteiger partial charge is 0.339 e. The Bertz CT molecular complexity index is 677. The van der Waals surface area contributed by atoms with Gasteiger partial charge in [-0.3, -0.25) is 0 Å². The lowest BCUT2D eigenvalue weighted by molar-refractivity contribution is 0.0692. The van der Waals surface area contributed by atoms with Crippen LogP contribution in [0.4, 0.5) is 0 Å². The van der Waals surface area contributed by atoms with Crippen LogP contribution in [0, 0.1) is 0 Å². The highest BCUT2D eigenvalue weighted by Crippen LogP contribution is 2.42. The fourth-order valence-electron chi connectivity index (χ4n) is 3.03. The van der Waals surface area contributed by atoms with Gasteiger partial charge in [-0.2, -0.15) is 0 Å². The van der Waals surface area contributed by atoms with Crippen molar-refractivity contribution in [3.05, 3.63) is 41.5 Å². The summed E-state index contributed by atoms with van der Waals surface area (Å²) in [7, 11) is 0. The lowest BCUT2D eigenvalue weighted by atomic mass is 9.91. The zero-order valence-corrected chi connectivity index (χ0v) is 27.2. The Morgan fingerprint density at radius 2 is 1.46 bits per heavy atom. The van der Waals surface area contributed by atoms with Crippen molar-refractivity contribution in [2.75, 3.05) is 0 Å². The summed E-state index contributed by atoms with van der Waals surface area (Å²) in [5.74, 6) is -0.748. The molecule has 2 rings (SSSR count). The maximum Gasteiger partial charge on any atom is 0.339 e. The van der Waals surface area contributed by atoms with Crippen molar-refractivity contribution in [1.82, 2.24) is 0 Å². The molecule has 1 aliphatic rings. The topological polar surface area (TPSA) is 66.8 Å². The lowest BCUT2D eigenvalue weighted by Gasteiger charge is -2.32. The first-order chi connectivity index (χ1) is 17.8.